The molecule has 25 heavy (non-hydrogen) atoms. The van der Waals surface area contributed by atoms with Gasteiger partial charge in [-0.05, 0) is 12.1 Å². The van der Waals surface area contributed by atoms with E-state index in [4.69, 9.17) is 18.9 Å². The Hall–Kier alpha value is -1.96. The lowest BCUT2D eigenvalue weighted by Crippen LogP contribution is -2.62. The number of aliphatic hydroxyl groups is 2. The van der Waals surface area contributed by atoms with Crippen LogP contribution >= 0.6 is 0 Å². The van der Waals surface area contributed by atoms with Crippen LogP contribution in [-0.2, 0) is 14.2 Å². The zero-order valence-corrected chi connectivity index (χ0v) is 13.5. The predicted octanol–water partition coefficient (Wildman–Crippen LogP) is 1.63. The molecule has 2 aliphatic heterocycles. The van der Waals surface area contributed by atoms with E-state index >= 15 is 0 Å². The van der Waals surface area contributed by atoms with Gasteiger partial charge in [-0.15, -0.1) is 0 Å². The summed E-state index contributed by atoms with van der Waals surface area (Å²) >= 11 is 0. The first-order chi connectivity index (χ1) is 12.2. The van der Waals surface area contributed by atoms with E-state index in [-0.39, 0.29) is 6.61 Å². The highest BCUT2D eigenvalue weighted by atomic mass is 16.8. The van der Waals surface area contributed by atoms with Crippen molar-refractivity contribution < 1.29 is 29.2 Å². The number of hydrogen-bond donors (Lipinski definition) is 2. The van der Waals surface area contributed by atoms with Crippen molar-refractivity contribution in [2.24, 2.45) is 0 Å². The van der Waals surface area contributed by atoms with Gasteiger partial charge >= 0.3 is 0 Å². The second-order valence-corrected chi connectivity index (χ2v) is 6.13. The number of para-hydroxylation sites is 1. The molecule has 2 aromatic rings. The Morgan fingerprint density at radius 2 is 1.52 bits per heavy atom. The fourth-order valence-corrected chi connectivity index (χ4v) is 3.09. The number of rotatable bonds is 3. The summed E-state index contributed by atoms with van der Waals surface area (Å²) < 4.78 is 23.0. The molecule has 0 amide bonds. The second-order valence-electron chi connectivity index (χ2n) is 6.13. The van der Waals surface area contributed by atoms with E-state index in [1.165, 1.54) is 0 Å². The second kappa shape index (κ2) is 7.11. The molecule has 0 aromatic heterocycles. The first-order valence-corrected chi connectivity index (χ1v) is 8.28. The van der Waals surface area contributed by atoms with E-state index in [1.54, 1.807) is 12.1 Å². The van der Waals surface area contributed by atoms with Gasteiger partial charge in [0.25, 0.3) is 0 Å². The fraction of sp³-hybridized carbons (Fsp3) is 0.368. The Kier molecular flexibility index (Phi) is 4.70. The molecule has 1 unspecified atom stereocenters. The lowest BCUT2D eigenvalue weighted by Gasteiger charge is -2.46. The molecule has 132 valence electrons. The molecule has 0 saturated carbocycles. The summed E-state index contributed by atoms with van der Waals surface area (Å²) in [6.07, 6.45) is -5.16. The van der Waals surface area contributed by atoms with Crippen LogP contribution in [0.1, 0.15) is 11.9 Å². The highest BCUT2D eigenvalue weighted by Gasteiger charge is 2.49. The molecule has 2 heterocycles. The van der Waals surface area contributed by atoms with Gasteiger partial charge in [-0.1, -0.05) is 48.5 Å². The van der Waals surface area contributed by atoms with Crippen LogP contribution in [0.4, 0.5) is 0 Å². The molecular weight excluding hydrogens is 324 g/mol. The Bertz CT molecular complexity index is 677. The van der Waals surface area contributed by atoms with E-state index in [0.29, 0.717) is 5.75 Å². The van der Waals surface area contributed by atoms with Gasteiger partial charge in [0.05, 0.1) is 6.61 Å². The van der Waals surface area contributed by atoms with Gasteiger partial charge < -0.3 is 29.2 Å². The van der Waals surface area contributed by atoms with E-state index in [0.717, 1.165) is 5.56 Å². The van der Waals surface area contributed by atoms with Crippen molar-refractivity contribution in [2.45, 2.75) is 37.0 Å². The minimum absolute atomic E-state index is 0.239. The van der Waals surface area contributed by atoms with Crippen LogP contribution in [0.3, 0.4) is 0 Å². The van der Waals surface area contributed by atoms with Crippen molar-refractivity contribution in [3.8, 4) is 5.75 Å². The average molecular weight is 344 g/mol. The van der Waals surface area contributed by atoms with Crippen LogP contribution in [0.15, 0.2) is 60.7 Å². The van der Waals surface area contributed by atoms with Crippen LogP contribution in [0.25, 0.3) is 0 Å². The van der Waals surface area contributed by atoms with Crippen molar-refractivity contribution in [1.29, 1.82) is 0 Å². The van der Waals surface area contributed by atoms with Gasteiger partial charge in [-0.25, -0.2) is 0 Å². The minimum Gasteiger partial charge on any atom is -0.462 e. The summed E-state index contributed by atoms with van der Waals surface area (Å²) in [6.45, 7) is 0.239. The van der Waals surface area contributed by atoms with Gasteiger partial charge in [0.15, 0.2) is 6.29 Å². The van der Waals surface area contributed by atoms with Crippen LogP contribution in [0.2, 0.25) is 0 Å². The molecule has 2 aliphatic rings. The standard InChI is InChI=1S/C19H20O6/c20-15-16(21)19(23-13-9-5-2-6-10-13)24-14-11-22-18(25-17(14)15)12-7-3-1-4-8-12/h1-10,14-21H,11H2/t14-,15-,16-,17-,18?,19+/m1/s1. The highest BCUT2D eigenvalue weighted by Crippen LogP contribution is 2.34. The maximum Gasteiger partial charge on any atom is 0.229 e. The van der Waals surface area contributed by atoms with Crippen molar-refractivity contribution in [3.63, 3.8) is 0 Å². The Labute approximate surface area is 145 Å². The van der Waals surface area contributed by atoms with Gasteiger partial charge in [0.2, 0.25) is 6.29 Å². The van der Waals surface area contributed by atoms with Crippen molar-refractivity contribution in [3.05, 3.63) is 66.2 Å². The Morgan fingerprint density at radius 1 is 0.840 bits per heavy atom. The molecular formula is C19H20O6. The van der Waals surface area contributed by atoms with Gasteiger partial charge in [0.1, 0.15) is 30.2 Å². The first kappa shape index (κ1) is 16.5. The molecule has 6 atom stereocenters. The zero-order chi connectivity index (χ0) is 17.2. The van der Waals surface area contributed by atoms with E-state index < -0.39 is 37.0 Å². The summed E-state index contributed by atoms with van der Waals surface area (Å²) in [6, 6.07) is 18.5. The summed E-state index contributed by atoms with van der Waals surface area (Å²) in [5, 5.41) is 20.9. The van der Waals surface area contributed by atoms with Gasteiger partial charge in [0, 0.05) is 5.56 Å². The first-order valence-electron chi connectivity index (χ1n) is 8.28. The largest absolute Gasteiger partial charge is 0.462 e. The molecule has 4 rings (SSSR count). The third kappa shape index (κ3) is 3.40. The summed E-state index contributed by atoms with van der Waals surface area (Å²) in [5.41, 5.74) is 0.852. The van der Waals surface area contributed by atoms with Gasteiger partial charge in [-0.2, -0.15) is 0 Å². The fourth-order valence-electron chi connectivity index (χ4n) is 3.09. The van der Waals surface area contributed by atoms with Crippen molar-refractivity contribution >= 4 is 0 Å². The van der Waals surface area contributed by atoms with Gasteiger partial charge in [-0.3, -0.25) is 0 Å². The normalized spacial score (nSPS) is 35.0. The summed E-state index contributed by atoms with van der Waals surface area (Å²) in [4.78, 5) is 0. The van der Waals surface area contributed by atoms with Crippen LogP contribution in [0, 0.1) is 0 Å². The smallest absolute Gasteiger partial charge is 0.229 e. The van der Waals surface area contributed by atoms with E-state index in [9.17, 15) is 10.2 Å². The maximum absolute atomic E-state index is 10.5. The van der Waals surface area contributed by atoms with E-state index in [1.807, 2.05) is 48.5 Å². The Morgan fingerprint density at radius 3 is 2.24 bits per heavy atom. The predicted molar refractivity (Wildman–Crippen MR) is 87.8 cm³/mol. The highest BCUT2D eigenvalue weighted by molar-refractivity contribution is 5.21. The summed E-state index contributed by atoms with van der Waals surface area (Å²) in [5.74, 6) is 0.553. The zero-order valence-electron chi connectivity index (χ0n) is 13.5. The molecule has 2 fully saturated rings. The molecule has 0 radical (unpaired) electrons. The molecule has 2 saturated heterocycles. The average Bonchev–Trinajstić information content (AvgIpc) is 2.67. The number of fused-ring (bicyclic) bond motifs is 1. The third-order valence-corrected chi connectivity index (χ3v) is 4.40. The van der Waals surface area contributed by atoms with Crippen LogP contribution < -0.4 is 4.74 Å². The number of benzene rings is 2. The van der Waals surface area contributed by atoms with E-state index in [2.05, 4.69) is 0 Å². The molecule has 0 spiro atoms. The topological polar surface area (TPSA) is 77.4 Å². The number of ether oxygens (including phenoxy) is 4. The quantitative estimate of drug-likeness (QED) is 0.881. The summed E-state index contributed by atoms with van der Waals surface area (Å²) in [7, 11) is 0. The molecule has 2 N–H and O–H groups in total. The van der Waals surface area contributed by atoms with Crippen molar-refractivity contribution in [1.82, 2.24) is 0 Å². The Balaban J connectivity index is 1.46. The monoisotopic (exact) mass is 344 g/mol. The van der Waals surface area contributed by atoms with Crippen LogP contribution in [-0.4, -0.2) is 47.5 Å². The van der Waals surface area contributed by atoms with Crippen molar-refractivity contribution in [2.75, 3.05) is 6.61 Å². The molecule has 6 heteroatoms. The maximum atomic E-state index is 10.5. The molecule has 0 bridgehead atoms. The molecule has 6 nitrogen and oxygen atoms in total. The number of aliphatic hydroxyl groups excluding tert-OH is 2. The SMILES string of the molecule is O[C@@H]1[C@@H](O)[C@@H](Oc2ccccc2)O[C@@H]2COC(c3ccccc3)O[C@@H]12. The lowest BCUT2D eigenvalue weighted by atomic mass is 9.98. The number of hydrogen-bond acceptors (Lipinski definition) is 6. The third-order valence-electron chi connectivity index (χ3n) is 4.40. The molecule has 0 aliphatic carbocycles. The lowest BCUT2D eigenvalue weighted by molar-refractivity contribution is -0.350. The van der Waals surface area contributed by atoms with Crippen LogP contribution in [0.5, 0.6) is 5.75 Å². The minimum atomic E-state index is -1.23. The molecule has 2 aromatic carbocycles.